The number of nitrogens with zero attached hydrogens (tertiary/aromatic N) is 1. The molecule has 1 aromatic rings. The van der Waals surface area contributed by atoms with E-state index in [4.69, 9.17) is 4.74 Å². The topological polar surface area (TPSA) is 67.0 Å². The molecule has 108 valence electrons. The third-order valence-electron chi connectivity index (χ3n) is 3.04. The van der Waals surface area contributed by atoms with Crippen LogP contribution in [0, 0.1) is 5.41 Å². The average Bonchev–Trinajstić information content (AvgIpc) is 2.33. The Bertz CT molecular complexity index is 452. The second-order valence-corrected chi connectivity index (χ2v) is 5.93. The van der Waals surface area contributed by atoms with Gasteiger partial charge in [0.15, 0.2) is 0 Å². The maximum atomic E-state index is 11.6. The lowest BCUT2D eigenvalue weighted by Crippen LogP contribution is -2.26. The van der Waals surface area contributed by atoms with Crippen molar-refractivity contribution in [3.8, 4) is 0 Å². The first-order chi connectivity index (χ1) is 8.84. The van der Waals surface area contributed by atoms with E-state index >= 15 is 0 Å². The fourth-order valence-electron chi connectivity index (χ4n) is 1.64. The summed E-state index contributed by atoms with van der Waals surface area (Å²) < 4.78 is 5.10. The van der Waals surface area contributed by atoms with Crippen molar-refractivity contribution >= 4 is 5.82 Å². The minimum Gasteiger partial charge on any atom is -0.385 e. The number of anilines is 1. The number of H-pyrrole nitrogens is 1. The molecule has 0 saturated carbocycles. The Morgan fingerprint density at radius 3 is 2.74 bits per heavy atom. The lowest BCUT2D eigenvalue weighted by Gasteiger charge is -2.24. The van der Waals surface area contributed by atoms with Crippen molar-refractivity contribution < 1.29 is 4.74 Å². The summed E-state index contributed by atoms with van der Waals surface area (Å²) in [6.45, 7) is 9.82. The lowest BCUT2D eigenvalue weighted by atomic mass is 9.90. The van der Waals surface area contributed by atoms with Crippen LogP contribution in [-0.4, -0.2) is 30.2 Å². The highest BCUT2D eigenvalue weighted by molar-refractivity contribution is 5.33. The summed E-state index contributed by atoms with van der Waals surface area (Å²) in [4.78, 5) is 18.7. The van der Waals surface area contributed by atoms with E-state index in [-0.39, 0.29) is 16.9 Å². The zero-order valence-electron chi connectivity index (χ0n) is 12.5. The van der Waals surface area contributed by atoms with Crippen molar-refractivity contribution in [2.75, 3.05) is 25.6 Å². The van der Waals surface area contributed by atoms with Crippen molar-refractivity contribution in [1.29, 1.82) is 0 Å². The maximum Gasteiger partial charge on any atom is 0.252 e. The van der Waals surface area contributed by atoms with Gasteiger partial charge in [-0.25, -0.2) is 4.98 Å². The lowest BCUT2D eigenvalue weighted by molar-refractivity contribution is 0.157. The predicted molar refractivity (Wildman–Crippen MR) is 77.7 cm³/mol. The second-order valence-electron chi connectivity index (χ2n) is 5.93. The molecule has 0 aromatic carbocycles. The summed E-state index contributed by atoms with van der Waals surface area (Å²) in [7, 11) is 1.71. The Morgan fingerprint density at radius 1 is 1.47 bits per heavy atom. The Hall–Kier alpha value is -1.36. The summed E-state index contributed by atoms with van der Waals surface area (Å²) in [5, 5.41) is 3.24. The first kappa shape index (κ1) is 15.7. The van der Waals surface area contributed by atoms with E-state index in [2.05, 4.69) is 29.1 Å². The predicted octanol–water partition coefficient (Wildman–Crippen LogP) is 2.37. The second kappa shape index (κ2) is 6.70. The van der Waals surface area contributed by atoms with Crippen LogP contribution < -0.4 is 10.9 Å². The molecule has 5 nitrogen and oxygen atoms in total. The van der Waals surface area contributed by atoms with Crippen molar-refractivity contribution in [2.24, 2.45) is 5.41 Å². The van der Waals surface area contributed by atoms with E-state index in [0.717, 1.165) is 19.6 Å². The molecule has 1 heterocycles. The van der Waals surface area contributed by atoms with Crippen LogP contribution >= 0.6 is 0 Å². The van der Waals surface area contributed by atoms with Gasteiger partial charge in [0, 0.05) is 32.2 Å². The largest absolute Gasteiger partial charge is 0.385 e. The SMILES string of the molecule is COCCC(C)(C)CNc1cc(=O)[nH]c(C(C)C)n1. The first-order valence-corrected chi connectivity index (χ1v) is 6.68. The van der Waals surface area contributed by atoms with Gasteiger partial charge in [0.1, 0.15) is 11.6 Å². The zero-order chi connectivity index (χ0) is 14.5. The van der Waals surface area contributed by atoms with E-state index < -0.39 is 0 Å². The molecular formula is C14H25N3O2. The number of methoxy groups -OCH3 is 1. The normalized spacial score (nSPS) is 11.9. The molecule has 0 radical (unpaired) electrons. The Balaban J connectivity index is 2.69. The van der Waals surface area contributed by atoms with Crippen LogP contribution in [0.5, 0.6) is 0 Å². The van der Waals surface area contributed by atoms with Gasteiger partial charge in [0.2, 0.25) is 0 Å². The highest BCUT2D eigenvalue weighted by Crippen LogP contribution is 2.20. The Kier molecular flexibility index (Phi) is 5.54. The minimum absolute atomic E-state index is 0.0955. The van der Waals surface area contributed by atoms with Gasteiger partial charge in [-0.2, -0.15) is 0 Å². The van der Waals surface area contributed by atoms with Crippen LogP contribution in [0.25, 0.3) is 0 Å². The monoisotopic (exact) mass is 267 g/mol. The van der Waals surface area contributed by atoms with E-state index in [1.807, 2.05) is 13.8 Å². The molecule has 5 heteroatoms. The van der Waals surface area contributed by atoms with Crippen molar-refractivity contribution in [2.45, 2.75) is 40.0 Å². The first-order valence-electron chi connectivity index (χ1n) is 6.68. The molecule has 0 spiro atoms. The van der Waals surface area contributed by atoms with Gasteiger partial charge in [-0.1, -0.05) is 27.7 Å². The summed E-state index contributed by atoms with van der Waals surface area (Å²) in [5.74, 6) is 1.55. The van der Waals surface area contributed by atoms with E-state index in [1.54, 1.807) is 7.11 Å². The van der Waals surface area contributed by atoms with E-state index in [0.29, 0.717) is 11.6 Å². The molecule has 2 N–H and O–H groups in total. The molecule has 1 aromatic heterocycles. The molecule has 0 aliphatic carbocycles. The van der Waals surface area contributed by atoms with Crippen LogP contribution in [0.4, 0.5) is 5.82 Å². The summed E-state index contributed by atoms with van der Waals surface area (Å²) in [5.41, 5.74) is -0.0194. The van der Waals surface area contributed by atoms with Gasteiger partial charge in [-0.3, -0.25) is 4.79 Å². The minimum atomic E-state index is -0.115. The third kappa shape index (κ3) is 5.42. The number of ether oxygens (including phenoxy) is 1. The molecule has 0 atom stereocenters. The highest BCUT2D eigenvalue weighted by atomic mass is 16.5. The van der Waals surface area contributed by atoms with Crippen LogP contribution in [0.15, 0.2) is 10.9 Å². The van der Waals surface area contributed by atoms with Crippen molar-refractivity contribution in [1.82, 2.24) is 9.97 Å². The highest BCUT2D eigenvalue weighted by Gasteiger charge is 2.17. The number of hydrogen-bond acceptors (Lipinski definition) is 4. The van der Waals surface area contributed by atoms with Gasteiger partial charge in [0.05, 0.1) is 0 Å². The van der Waals surface area contributed by atoms with E-state index in [1.165, 1.54) is 6.07 Å². The summed E-state index contributed by atoms with van der Waals surface area (Å²) in [6.07, 6.45) is 0.955. The standard InChI is InChI=1S/C14H25N3O2/c1-10(2)13-16-11(8-12(18)17-13)15-9-14(3,4)6-7-19-5/h8,10H,6-7,9H2,1-5H3,(H2,15,16,17,18). The molecule has 0 unspecified atom stereocenters. The van der Waals surface area contributed by atoms with Gasteiger partial charge in [-0.05, 0) is 11.8 Å². The molecule has 19 heavy (non-hydrogen) atoms. The van der Waals surface area contributed by atoms with Gasteiger partial charge >= 0.3 is 0 Å². The van der Waals surface area contributed by atoms with Crippen LogP contribution in [-0.2, 0) is 4.74 Å². The van der Waals surface area contributed by atoms with E-state index in [9.17, 15) is 4.79 Å². The number of hydrogen-bond donors (Lipinski definition) is 2. The summed E-state index contributed by atoms with van der Waals surface area (Å²) in [6, 6.07) is 1.50. The molecule has 0 saturated heterocycles. The fourth-order valence-corrected chi connectivity index (χ4v) is 1.64. The van der Waals surface area contributed by atoms with Crippen molar-refractivity contribution in [3.63, 3.8) is 0 Å². The maximum absolute atomic E-state index is 11.6. The summed E-state index contributed by atoms with van der Waals surface area (Å²) >= 11 is 0. The van der Waals surface area contributed by atoms with Crippen LogP contribution in [0.1, 0.15) is 45.9 Å². The number of aromatic amines is 1. The molecular weight excluding hydrogens is 242 g/mol. The van der Waals surface area contributed by atoms with Crippen LogP contribution in [0.2, 0.25) is 0 Å². The molecule has 0 fully saturated rings. The fraction of sp³-hybridized carbons (Fsp3) is 0.714. The zero-order valence-corrected chi connectivity index (χ0v) is 12.5. The van der Waals surface area contributed by atoms with Gasteiger partial charge in [-0.15, -0.1) is 0 Å². The number of aromatic nitrogens is 2. The third-order valence-corrected chi connectivity index (χ3v) is 3.04. The smallest absolute Gasteiger partial charge is 0.252 e. The molecule has 0 bridgehead atoms. The van der Waals surface area contributed by atoms with Crippen molar-refractivity contribution in [3.05, 3.63) is 22.2 Å². The average molecular weight is 267 g/mol. The van der Waals surface area contributed by atoms with Gasteiger partial charge < -0.3 is 15.0 Å². The molecule has 0 amide bonds. The molecule has 0 aliphatic rings. The molecule has 0 aliphatic heterocycles. The molecule has 1 rings (SSSR count). The number of nitrogens with one attached hydrogen (secondary N) is 2. The van der Waals surface area contributed by atoms with Gasteiger partial charge in [0.25, 0.3) is 5.56 Å². The quantitative estimate of drug-likeness (QED) is 0.796. The Morgan fingerprint density at radius 2 is 2.16 bits per heavy atom. The van der Waals surface area contributed by atoms with Crippen LogP contribution in [0.3, 0.4) is 0 Å². The Labute approximate surface area is 114 Å². The number of rotatable bonds is 7.